The van der Waals surface area contributed by atoms with E-state index in [-0.39, 0.29) is 24.2 Å². The number of carbonyl (C=O) groups excluding carboxylic acids is 1. The molecule has 0 aliphatic carbocycles. The van der Waals surface area contributed by atoms with Crippen molar-refractivity contribution in [1.82, 2.24) is 15.8 Å². The maximum Gasteiger partial charge on any atom is 0.426 e. The predicted octanol–water partition coefficient (Wildman–Crippen LogP) is 4.21. The first-order chi connectivity index (χ1) is 18.3. The number of fused-ring (bicyclic) bond motifs is 4. The summed E-state index contributed by atoms with van der Waals surface area (Å²) in [7, 11) is 0. The number of anilines is 3. The van der Waals surface area contributed by atoms with Crippen LogP contribution in [0.3, 0.4) is 0 Å². The van der Waals surface area contributed by atoms with Crippen LogP contribution in [0.2, 0.25) is 0 Å². The molecule has 4 heterocycles. The fourth-order valence-electron chi connectivity index (χ4n) is 5.01. The predicted molar refractivity (Wildman–Crippen MR) is 137 cm³/mol. The summed E-state index contributed by atoms with van der Waals surface area (Å²) in [5, 5.41) is 2.93. The molecule has 11 heteroatoms. The van der Waals surface area contributed by atoms with E-state index in [0.29, 0.717) is 35.1 Å². The first kappa shape index (κ1) is 24.1. The lowest BCUT2D eigenvalue weighted by Gasteiger charge is -2.36. The summed E-state index contributed by atoms with van der Waals surface area (Å²) in [6, 6.07) is 16.3. The fraction of sp³-hybridized carbons (Fsp3) is 0.259. The second-order valence-corrected chi connectivity index (χ2v) is 9.32. The van der Waals surface area contributed by atoms with Crippen LogP contribution in [-0.4, -0.2) is 42.9 Å². The average Bonchev–Trinajstić information content (AvgIpc) is 3.64. The molecule has 3 N–H and O–H groups in total. The Bertz CT molecular complexity index is 1430. The highest BCUT2D eigenvalue weighted by Gasteiger charge is 2.65. The number of terminal acetylenes is 1. The Morgan fingerprint density at radius 2 is 1.97 bits per heavy atom. The number of aromatic nitrogens is 1. The summed E-state index contributed by atoms with van der Waals surface area (Å²) < 4.78 is 45.7. The standard InChI is InChI=1S/C27H23F3N6O2/c1-2-14-38-21-5-3-4-19(15-21)31-25(37)36-20-12-13-35(16-20)23-11-10-22(32-24(23)36)17-6-8-18(9-7-17)26(33-34-26)27(28,29)30/h1,3-11,15,20,33-34H,12-14,16H2,(H,31,37)/t20-/m0/s1. The Labute approximate surface area is 216 Å². The number of nitrogens with zero attached hydrogens (tertiary/aromatic N) is 3. The first-order valence-electron chi connectivity index (χ1n) is 12.0. The van der Waals surface area contributed by atoms with E-state index in [1.807, 2.05) is 12.1 Å². The third-order valence-electron chi connectivity index (χ3n) is 6.99. The van der Waals surface area contributed by atoms with E-state index in [0.717, 1.165) is 18.7 Å². The smallest absolute Gasteiger partial charge is 0.426 e. The number of hydrogen-bond acceptors (Lipinski definition) is 6. The molecule has 1 atom stereocenters. The van der Waals surface area contributed by atoms with Gasteiger partial charge in [-0.15, -0.1) is 6.42 Å². The average molecular weight is 521 g/mol. The van der Waals surface area contributed by atoms with Crippen LogP contribution in [-0.2, 0) is 5.66 Å². The lowest BCUT2D eigenvalue weighted by Crippen LogP contribution is -2.48. The van der Waals surface area contributed by atoms with Gasteiger partial charge in [-0.1, -0.05) is 36.3 Å². The maximum absolute atomic E-state index is 13.5. The summed E-state index contributed by atoms with van der Waals surface area (Å²) >= 11 is 0. The Morgan fingerprint density at radius 1 is 1.18 bits per heavy atom. The van der Waals surface area contributed by atoms with Gasteiger partial charge in [0.15, 0.2) is 5.82 Å². The van der Waals surface area contributed by atoms with E-state index >= 15 is 0 Å². The molecule has 3 aliphatic rings. The molecule has 6 rings (SSSR count). The van der Waals surface area contributed by atoms with Gasteiger partial charge in [-0.05, 0) is 36.2 Å². The Morgan fingerprint density at radius 3 is 2.68 bits per heavy atom. The van der Waals surface area contributed by atoms with Gasteiger partial charge in [-0.2, -0.15) is 13.2 Å². The molecule has 0 radical (unpaired) electrons. The number of nitrogens with one attached hydrogen (secondary N) is 3. The second-order valence-electron chi connectivity index (χ2n) is 9.32. The lowest BCUT2D eigenvalue weighted by atomic mass is 10.0. The van der Waals surface area contributed by atoms with Gasteiger partial charge in [-0.3, -0.25) is 4.90 Å². The van der Waals surface area contributed by atoms with Crippen molar-refractivity contribution >= 4 is 23.2 Å². The number of rotatable bonds is 5. The molecule has 2 amide bonds. The number of benzene rings is 2. The zero-order chi connectivity index (χ0) is 26.5. The second kappa shape index (κ2) is 8.93. The van der Waals surface area contributed by atoms with E-state index in [2.05, 4.69) is 27.0 Å². The highest BCUT2D eigenvalue weighted by molar-refractivity contribution is 6.04. The number of pyridine rings is 1. The van der Waals surface area contributed by atoms with Crippen molar-refractivity contribution in [3.05, 3.63) is 66.2 Å². The minimum atomic E-state index is -4.48. The van der Waals surface area contributed by atoms with Crippen molar-refractivity contribution in [3.8, 4) is 29.4 Å². The number of ether oxygens (including phenoxy) is 1. The summed E-state index contributed by atoms with van der Waals surface area (Å²) in [5.74, 6) is 3.46. The van der Waals surface area contributed by atoms with Crippen molar-refractivity contribution in [3.63, 3.8) is 0 Å². The van der Waals surface area contributed by atoms with Gasteiger partial charge in [0.1, 0.15) is 12.4 Å². The largest absolute Gasteiger partial charge is 0.481 e. The molecule has 3 aromatic rings. The summed E-state index contributed by atoms with van der Waals surface area (Å²) in [5.41, 5.74) is 4.84. The lowest BCUT2D eigenvalue weighted by molar-refractivity contribution is -0.165. The van der Waals surface area contributed by atoms with Gasteiger partial charge in [0.05, 0.1) is 17.4 Å². The zero-order valence-corrected chi connectivity index (χ0v) is 20.0. The van der Waals surface area contributed by atoms with Crippen molar-refractivity contribution in [1.29, 1.82) is 0 Å². The Kier molecular flexibility index (Phi) is 5.66. The van der Waals surface area contributed by atoms with Crippen LogP contribution in [0.5, 0.6) is 5.75 Å². The minimum Gasteiger partial charge on any atom is -0.481 e. The van der Waals surface area contributed by atoms with Crippen molar-refractivity contribution < 1.29 is 22.7 Å². The third kappa shape index (κ3) is 4.08. The van der Waals surface area contributed by atoms with E-state index < -0.39 is 11.8 Å². The molecule has 0 saturated carbocycles. The number of amides is 2. The number of urea groups is 1. The van der Waals surface area contributed by atoms with Gasteiger partial charge in [0.25, 0.3) is 0 Å². The van der Waals surface area contributed by atoms with Crippen molar-refractivity contribution in [2.24, 2.45) is 0 Å². The molecule has 2 saturated heterocycles. The van der Waals surface area contributed by atoms with Gasteiger partial charge in [0, 0.05) is 30.4 Å². The van der Waals surface area contributed by atoms with Crippen LogP contribution in [0.25, 0.3) is 11.3 Å². The minimum absolute atomic E-state index is 0.0605. The molecule has 2 aromatic carbocycles. The first-order valence-corrected chi connectivity index (χ1v) is 12.0. The topological polar surface area (TPSA) is 102 Å². The molecule has 8 nitrogen and oxygen atoms in total. The summed E-state index contributed by atoms with van der Waals surface area (Å²) in [6.45, 7) is 1.61. The van der Waals surface area contributed by atoms with Crippen LogP contribution in [0, 0.1) is 12.3 Å². The Balaban J connectivity index is 1.28. The van der Waals surface area contributed by atoms with Crippen molar-refractivity contribution in [2.45, 2.75) is 24.3 Å². The summed E-state index contributed by atoms with van der Waals surface area (Å²) in [6.07, 6.45) is 1.57. The zero-order valence-electron chi connectivity index (χ0n) is 20.0. The number of carbonyl (C=O) groups is 1. The normalized spacial score (nSPS) is 18.9. The highest BCUT2D eigenvalue weighted by atomic mass is 19.4. The van der Waals surface area contributed by atoms with Crippen LogP contribution in [0.4, 0.5) is 35.2 Å². The van der Waals surface area contributed by atoms with E-state index in [9.17, 15) is 18.0 Å². The van der Waals surface area contributed by atoms with Gasteiger partial charge in [0.2, 0.25) is 5.66 Å². The van der Waals surface area contributed by atoms with Crippen LogP contribution < -0.4 is 30.7 Å². The summed E-state index contributed by atoms with van der Waals surface area (Å²) in [4.78, 5) is 22.2. The number of hydrazine groups is 1. The van der Waals surface area contributed by atoms with Crippen LogP contribution in [0.1, 0.15) is 12.0 Å². The number of hydrogen-bond donors (Lipinski definition) is 3. The molecular formula is C27H23F3N6O2. The molecule has 3 aliphatic heterocycles. The van der Waals surface area contributed by atoms with Gasteiger partial charge in [-0.25, -0.2) is 20.6 Å². The fourth-order valence-corrected chi connectivity index (χ4v) is 5.01. The van der Waals surface area contributed by atoms with Crippen LogP contribution >= 0.6 is 0 Å². The van der Waals surface area contributed by atoms with Gasteiger partial charge >= 0.3 is 12.2 Å². The van der Waals surface area contributed by atoms with Crippen LogP contribution in [0.15, 0.2) is 60.7 Å². The molecule has 0 spiro atoms. The molecule has 0 unspecified atom stereocenters. The number of alkyl halides is 3. The maximum atomic E-state index is 13.5. The quantitative estimate of drug-likeness (QED) is 0.344. The SMILES string of the molecule is C#CCOc1cccc(NC(=O)N2c3nc(-c4ccc(C5(C(F)(F)F)NN5)cc4)ccc3N3CC[C@H]2C3)c1. The molecule has 2 bridgehead atoms. The van der Waals surface area contributed by atoms with Crippen molar-refractivity contribution in [2.75, 3.05) is 34.8 Å². The number of halogens is 3. The van der Waals surface area contributed by atoms with E-state index in [4.69, 9.17) is 16.1 Å². The molecule has 194 valence electrons. The van der Waals surface area contributed by atoms with E-state index in [1.165, 1.54) is 12.1 Å². The Hall–Kier alpha value is -4.27. The molecule has 2 fully saturated rings. The van der Waals surface area contributed by atoms with E-state index in [1.54, 1.807) is 41.3 Å². The monoisotopic (exact) mass is 520 g/mol. The third-order valence-corrected chi connectivity index (χ3v) is 6.99. The van der Waals surface area contributed by atoms with Gasteiger partial charge < -0.3 is 15.0 Å². The molecular weight excluding hydrogens is 497 g/mol. The highest BCUT2D eigenvalue weighted by Crippen LogP contribution is 2.43. The molecule has 38 heavy (non-hydrogen) atoms. The molecule has 1 aromatic heterocycles.